The van der Waals surface area contributed by atoms with E-state index in [9.17, 15) is 0 Å². The molecule has 0 spiro atoms. The summed E-state index contributed by atoms with van der Waals surface area (Å²) in [5, 5.41) is 0.818. The van der Waals surface area contributed by atoms with Crippen LogP contribution in [0.25, 0.3) is 0 Å². The fourth-order valence-corrected chi connectivity index (χ4v) is 3.19. The van der Waals surface area contributed by atoms with E-state index in [1.807, 2.05) is 12.1 Å². The maximum atomic E-state index is 6.46. The Morgan fingerprint density at radius 3 is 2.18 bits per heavy atom. The van der Waals surface area contributed by atoms with E-state index in [0.717, 1.165) is 10.9 Å². The van der Waals surface area contributed by atoms with Crippen molar-refractivity contribution in [2.45, 2.75) is 43.6 Å². The van der Waals surface area contributed by atoms with E-state index in [1.165, 1.54) is 37.7 Å². The van der Waals surface area contributed by atoms with Gasteiger partial charge >= 0.3 is 0 Å². The highest BCUT2D eigenvalue weighted by Gasteiger charge is 2.49. The highest BCUT2D eigenvalue weighted by atomic mass is 35.5. The molecule has 0 heterocycles. The van der Waals surface area contributed by atoms with E-state index in [1.54, 1.807) is 0 Å². The summed E-state index contributed by atoms with van der Waals surface area (Å²) < 4.78 is 0. The summed E-state index contributed by atoms with van der Waals surface area (Å²) in [5.74, 6) is 0.774. The number of hydrogen-bond acceptors (Lipinski definition) is 1. The van der Waals surface area contributed by atoms with Gasteiger partial charge in [0.25, 0.3) is 0 Å². The van der Waals surface area contributed by atoms with Crippen LogP contribution in [0.2, 0.25) is 5.02 Å². The maximum Gasteiger partial charge on any atom is 0.0406 e. The van der Waals surface area contributed by atoms with Gasteiger partial charge in [-0.25, -0.2) is 0 Å². The lowest BCUT2D eigenvalue weighted by Gasteiger charge is -2.47. The molecular weight excluding hydrogens is 253 g/mol. The Morgan fingerprint density at radius 2 is 1.76 bits per heavy atom. The number of rotatable bonds is 3. The van der Waals surface area contributed by atoms with Crippen LogP contribution in [0.5, 0.6) is 0 Å². The van der Waals surface area contributed by atoms with Gasteiger partial charge in [0.1, 0.15) is 0 Å². The van der Waals surface area contributed by atoms with E-state index in [0.29, 0.717) is 6.04 Å². The van der Waals surface area contributed by atoms with Gasteiger partial charge in [-0.05, 0) is 49.3 Å². The van der Waals surface area contributed by atoms with Crippen molar-refractivity contribution in [2.24, 2.45) is 11.7 Å². The molecule has 1 aromatic rings. The Balaban J connectivity index is 0.00000108. The molecule has 2 fully saturated rings. The van der Waals surface area contributed by atoms with Gasteiger partial charge in [0, 0.05) is 16.5 Å². The molecule has 94 valence electrons. The number of halogens is 2. The molecule has 2 N–H and O–H groups in total. The molecule has 0 radical (unpaired) electrons. The molecule has 2 aliphatic carbocycles. The smallest absolute Gasteiger partial charge is 0.0406 e. The Kier molecular flexibility index (Phi) is 3.72. The fraction of sp³-hybridized carbons (Fsp3) is 0.571. The van der Waals surface area contributed by atoms with Crippen molar-refractivity contribution in [2.75, 3.05) is 0 Å². The summed E-state index contributed by atoms with van der Waals surface area (Å²) in [7, 11) is 0. The van der Waals surface area contributed by atoms with Gasteiger partial charge < -0.3 is 5.73 Å². The van der Waals surface area contributed by atoms with Gasteiger partial charge in [0.15, 0.2) is 0 Å². The lowest BCUT2D eigenvalue weighted by molar-refractivity contribution is 0.181. The van der Waals surface area contributed by atoms with Crippen LogP contribution >= 0.6 is 24.0 Å². The van der Waals surface area contributed by atoms with Crippen molar-refractivity contribution in [3.63, 3.8) is 0 Å². The standard InChI is InChI=1S/C14H18ClN.ClH/c15-12-6-4-11(5-7-12)14(8-1-9-14)13(16)10-2-3-10;/h4-7,10,13H,1-3,8-9,16H2;1H. The van der Waals surface area contributed by atoms with Gasteiger partial charge in [-0.3, -0.25) is 0 Å². The van der Waals surface area contributed by atoms with E-state index in [-0.39, 0.29) is 17.8 Å². The van der Waals surface area contributed by atoms with Crippen molar-refractivity contribution in [1.29, 1.82) is 0 Å². The zero-order chi connectivity index (χ0) is 11.2. The van der Waals surface area contributed by atoms with Crippen molar-refractivity contribution in [3.05, 3.63) is 34.9 Å². The van der Waals surface area contributed by atoms with Crippen LogP contribution in [-0.4, -0.2) is 6.04 Å². The molecule has 0 aromatic heterocycles. The van der Waals surface area contributed by atoms with Gasteiger partial charge in [-0.1, -0.05) is 30.2 Å². The predicted octanol–water partition coefficient (Wildman–Crippen LogP) is 3.92. The highest BCUT2D eigenvalue weighted by molar-refractivity contribution is 6.30. The Morgan fingerprint density at radius 1 is 1.18 bits per heavy atom. The highest BCUT2D eigenvalue weighted by Crippen LogP contribution is 2.51. The average molecular weight is 272 g/mol. The van der Waals surface area contributed by atoms with Crippen LogP contribution in [0, 0.1) is 5.92 Å². The molecule has 0 saturated heterocycles. The maximum absolute atomic E-state index is 6.46. The number of hydrogen-bond donors (Lipinski definition) is 1. The van der Waals surface area contributed by atoms with Crippen molar-refractivity contribution in [3.8, 4) is 0 Å². The average Bonchev–Trinajstić information content (AvgIpc) is 3.02. The molecule has 3 rings (SSSR count). The molecule has 1 atom stereocenters. The van der Waals surface area contributed by atoms with Gasteiger partial charge in [0.05, 0.1) is 0 Å². The van der Waals surface area contributed by atoms with Crippen LogP contribution in [0.1, 0.15) is 37.7 Å². The third-order valence-corrected chi connectivity index (χ3v) is 4.68. The Labute approximate surface area is 114 Å². The molecule has 0 bridgehead atoms. The first-order chi connectivity index (χ1) is 7.72. The first-order valence-corrected chi connectivity index (χ1v) is 6.62. The molecule has 2 aliphatic rings. The largest absolute Gasteiger partial charge is 0.327 e. The van der Waals surface area contributed by atoms with Crippen molar-refractivity contribution < 1.29 is 0 Å². The normalized spacial score (nSPS) is 23.4. The summed E-state index contributed by atoms with van der Waals surface area (Å²) in [6.07, 6.45) is 6.49. The lowest BCUT2D eigenvalue weighted by Crippen LogP contribution is -2.51. The summed E-state index contributed by atoms with van der Waals surface area (Å²) in [5.41, 5.74) is 8.13. The third-order valence-electron chi connectivity index (χ3n) is 4.43. The molecule has 1 aromatic carbocycles. The quantitative estimate of drug-likeness (QED) is 0.886. The third kappa shape index (κ3) is 2.21. The molecular formula is C14H19Cl2N. The second-order valence-electron chi connectivity index (χ2n) is 5.38. The summed E-state index contributed by atoms with van der Waals surface area (Å²) >= 11 is 5.95. The van der Waals surface area contributed by atoms with Crippen molar-refractivity contribution >= 4 is 24.0 Å². The zero-order valence-electron chi connectivity index (χ0n) is 9.86. The summed E-state index contributed by atoms with van der Waals surface area (Å²) in [4.78, 5) is 0. The minimum Gasteiger partial charge on any atom is -0.327 e. The first kappa shape index (κ1) is 13.2. The van der Waals surface area contributed by atoms with Crippen LogP contribution in [0.3, 0.4) is 0 Å². The predicted molar refractivity (Wildman–Crippen MR) is 74.9 cm³/mol. The van der Waals surface area contributed by atoms with Crippen molar-refractivity contribution in [1.82, 2.24) is 0 Å². The Bertz CT molecular complexity index is 380. The number of nitrogens with two attached hydrogens (primary N) is 1. The van der Waals surface area contributed by atoms with Gasteiger partial charge in [-0.2, -0.15) is 0 Å². The first-order valence-electron chi connectivity index (χ1n) is 6.24. The summed E-state index contributed by atoms with van der Waals surface area (Å²) in [6, 6.07) is 8.70. The van der Waals surface area contributed by atoms with E-state index < -0.39 is 0 Å². The molecule has 2 saturated carbocycles. The zero-order valence-corrected chi connectivity index (χ0v) is 11.4. The van der Waals surface area contributed by atoms with E-state index in [4.69, 9.17) is 17.3 Å². The van der Waals surface area contributed by atoms with Crippen LogP contribution in [0.4, 0.5) is 0 Å². The van der Waals surface area contributed by atoms with Gasteiger partial charge in [0.2, 0.25) is 0 Å². The monoisotopic (exact) mass is 271 g/mol. The van der Waals surface area contributed by atoms with Crippen LogP contribution < -0.4 is 5.73 Å². The molecule has 1 unspecified atom stereocenters. The lowest BCUT2D eigenvalue weighted by atomic mass is 9.59. The molecule has 1 nitrogen and oxygen atoms in total. The fourth-order valence-electron chi connectivity index (χ4n) is 3.06. The van der Waals surface area contributed by atoms with Crippen LogP contribution in [0.15, 0.2) is 24.3 Å². The SMILES string of the molecule is Cl.NC(C1CC1)C1(c2ccc(Cl)cc2)CCC1. The molecule has 3 heteroatoms. The molecule has 17 heavy (non-hydrogen) atoms. The van der Waals surface area contributed by atoms with Gasteiger partial charge in [-0.15, -0.1) is 12.4 Å². The second kappa shape index (κ2) is 4.79. The summed E-state index contributed by atoms with van der Waals surface area (Å²) in [6.45, 7) is 0. The van der Waals surface area contributed by atoms with E-state index >= 15 is 0 Å². The van der Waals surface area contributed by atoms with Crippen LogP contribution in [-0.2, 0) is 5.41 Å². The molecule has 0 aliphatic heterocycles. The molecule has 0 amide bonds. The minimum absolute atomic E-state index is 0. The minimum atomic E-state index is 0. The van der Waals surface area contributed by atoms with E-state index in [2.05, 4.69) is 12.1 Å². The Hall–Kier alpha value is -0.240. The second-order valence-corrected chi connectivity index (χ2v) is 5.82. The topological polar surface area (TPSA) is 26.0 Å². The number of benzene rings is 1.